The van der Waals surface area contributed by atoms with Gasteiger partial charge < -0.3 is 14.2 Å². The van der Waals surface area contributed by atoms with E-state index < -0.39 is 0 Å². The van der Waals surface area contributed by atoms with Gasteiger partial charge in [-0.15, -0.1) is 0 Å². The predicted octanol–water partition coefficient (Wildman–Crippen LogP) is 5.26. The molecular weight excluding hydrogens is 320 g/mol. The third kappa shape index (κ3) is 4.48. The van der Waals surface area contributed by atoms with Crippen molar-refractivity contribution in [3.05, 3.63) is 53.1 Å². The average molecular weight is 344 g/mol. The van der Waals surface area contributed by atoms with Crippen LogP contribution in [0.4, 0.5) is 0 Å². The number of aryl methyl sites for hydroxylation is 2. The molecule has 0 N–H and O–H groups in total. The molecule has 0 bridgehead atoms. The molecule has 0 heterocycles. The van der Waals surface area contributed by atoms with E-state index in [0.29, 0.717) is 23.8 Å². The zero-order valence-corrected chi connectivity index (χ0v) is 15.5. The summed E-state index contributed by atoms with van der Waals surface area (Å²) in [5.74, 6) is 2.28. The summed E-state index contributed by atoms with van der Waals surface area (Å²) in [4.78, 5) is 0. The molecule has 24 heavy (non-hydrogen) atoms. The zero-order valence-electron chi connectivity index (χ0n) is 14.7. The normalized spacial score (nSPS) is 10.3. The second-order valence-electron chi connectivity index (χ2n) is 5.51. The average Bonchev–Trinajstić information content (AvgIpc) is 2.60. The Morgan fingerprint density at radius 1 is 1.04 bits per heavy atom. The van der Waals surface area contributed by atoms with Gasteiger partial charge in [-0.25, -0.2) is 0 Å². The van der Waals surface area contributed by atoms with Gasteiger partial charge in [-0.3, -0.25) is 0 Å². The maximum atomic E-state index is 6.02. The van der Waals surface area contributed by atoms with E-state index in [4.69, 9.17) is 26.4 Å². The van der Waals surface area contributed by atoms with Gasteiger partial charge in [0.05, 0.1) is 12.7 Å². The van der Waals surface area contributed by atoms with Crippen molar-refractivity contribution < 1.29 is 14.2 Å². The molecule has 0 atom stereocenters. The van der Waals surface area contributed by atoms with Crippen LogP contribution in [0.15, 0.2) is 36.4 Å². The van der Waals surface area contributed by atoms with Gasteiger partial charge in [-0.05, 0) is 54.9 Å². The van der Waals surface area contributed by atoms with Gasteiger partial charge in [-0.1, -0.05) is 32.0 Å². The van der Waals surface area contributed by atoms with Gasteiger partial charge in [0.25, 0.3) is 0 Å². The molecule has 0 aliphatic carbocycles. The Bertz CT molecular complexity index is 710. The van der Waals surface area contributed by atoms with Crippen molar-refractivity contribution in [1.82, 2.24) is 0 Å². The number of hydrogen-bond donors (Lipinski definition) is 0. The summed E-state index contributed by atoms with van der Waals surface area (Å²) in [7, 11) is 1.64. The van der Waals surface area contributed by atoms with E-state index in [0.717, 1.165) is 29.0 Å². The van der Waals surface area contributed by atoms with Crippen molar-refractivity contribution in [3.8, 4) is 17.2 Å². The molecule has 0 aromatic heterocycles. The van der Waals surface area contributed by atoms with Crippen molar-refractivity contribution in [2.45, 2.75) is 40.2 Å². The highest BCUT2D eigenvalue weighted by molar-refractivity contribution is 7.80. The van der Waals surface area contributed by atoms with E-state index in [1.165, 1.54) is 5.56 Å². The molecule has 3 nitrogen and oxygen atoms in total. The second kappa shape index (κ2) is 8.69. The molecule has 128 valence electrons. The van der Waals surface area contributed by atoms with Crippen molar-refractivity contribution >= 4 is 17.3 Å². The lowest BCUT2D eigenvalue weighted by atomic mass is 10.1. The van der Waals surface area contributed by atoms with Crippen molar-refractivity contribution in [3.63, 3.8) is 0 Å². The first kappa shape index (κ1) is 18.3. The number of methoxy groups -OCH3 is 1. The highest BCUT2D eigenvalue weighted by Gasteiger charge is 2.13. The first-order valence-corrected chi connectivity index (χ1v) is 8.58. The molecular formula is C20H24O3S. The smallest absolute Gasteiger partial charge is 0.167 e. The summed E-state index contributed by atoms with van der Waals surface area (Å²) in [6.45, 7) is 6.53. The molecule has 0 radical (unpaired) electrons. The SMILES string of the molecule is CCC(=S)Oc1cccc(OC)c1COc1ccc(CC)cc1C. The molecule has 0 aliphatic heterocycles. The van der Waals surface area contributed by atoms with E-state index in [2.05, 4.69) is 26.0 Å². The van der Waals surface area contributed by atoms with Gasteiger partial charge in [0, 0.05) is 6.42 Å². The highest BCUT2D eigenvalue weighted by atomic mass is 32.1. The molecule has 0 saturated heterocycles. The van der Waals surface area contributed by atoms with Crippen molar-refractivity contribution in [1.29, 1.82) is 0 Å². The van der Waals surface area contributed by atoms with Crippen LogP contribution in [0.1, 0.15) is 37.0 Å². The van der Waals surface area contributed by atoms with Gasteiger partial charge in [0.1, 0.15) is 23.9 Å². The summed E-state index contributed by atoms with van der Waals surface area (Å²) in [5, 5.41) is 0.549. The third-order valence-corrected chi connectivity index (χ3v) is 4.21. The lowest BCUT2D eigenvalue weighted by Gasteiger charge is -2.16. The largest absolute Gasteiger partial charge is 0.496 e. The van der Waals surface area contributed by atoms with Crippen LogP contribution < -0.4 is 14.2 Å². The number of benzene rings is 2. The van der Waals surface area contributed by atoms with Gasteiger partial charge >= 0.3 is 0 Å². The van der Waals surface area contributed by atoms with Crippen LogP contribution in [0.5, 0.6) is 17.2 Å². The fourth-order valence-corrected chi connectivity index (χ4v) is 2.50. The Hall–Kier alpha value is -2.07. The summed E-state index contributed by atoms with van der Waals surface area (Å²) < 4.78 is 17.2. The molecule has 0 spiro atoms. The van der Waals surface area contributed by atoms with Crippen LogP contribution in [0.25, 0.3) is 0 Å². The van der Waals surface area contributed by atoms with Gasteiger partial charge in [0.15, 0.2) is 5.05 Å². The Balaban J connectivity index is 2.23. The summed E-state index contributed by atoms with van der Waals surface area (Å²) in [5.41, 5.74) is 3.28. The van der Waals surface area contributed by atoms with Crippen LogP contribution >= 0.6 is 12.2 Å². The summed E-state index contributed by atoms with van der Waals surface area (Å²) in [6, 6.07) is 11.9. The van der Waals surface area contributed by atoms with Crippen LogP contribution in [0, 0.1) is 6.92 Å². The van der Waals surface area contributed by atoms with Crippen LogP contribution in [0.3, 0.4) is 0 Å². The number of thiocarbonyl (C=S) groups is 1. The topological polar surface area (TPSA) is 27.7 Å². The molecule has 2 rings (SSSR count). The first-order chi connectivity index (χ1) is 11.6. The Kier molecular flexibility index (Phi) is 6.62. The molecule has 0 fully saturated rings. The minimum absolute atomic E-state index is 0.359. The van der Waals surface area contributed by atoms with Crippen LogP contribution in [-0.4, -0.2) is 12.2 Å². The Morgan fingerprint density at radius 2 is 1.79 bits per heavy atom. The molecule has 0 aliphatic rings. The monoisotopic (exact) mass is 344 g/mol. The molecule has 2 aromatic rings. The lowest BCUT2D eigenvalue weighted by Crippen LogP contribution is -2.08. The highest BCUT2D eigenvalue weighted by Crippen LogP contribution is 2.31. The molecule has 2 aromatic carbocycles. The quantitative estimate of drug-likeness (QED) is 0.640. The fraction of sp³-hybridized carbons (Fsp3) is 0.350. The number of hydrogen-bond acceptors (Lipinski definition) is 4. The second-order valence-corrected chi connectivity index (χ2v) is 5.96. The van der Waals surface area contributed by atoms with Crippen molar-refractivity contribution in [2.24, 2.45) is 0 Å². The van der Waals surface area contributed by atoms with Gasteiger partial charge in [-0.2, -0.15) is 0 Å². The summed E-state index contributed by atoms with van der Waals surface area (Å²) in [6.07, 6.45) is 1.70. The fourth-order valence-electron chi connectivity index (χ4n) is 2.41. The van der Waals surface area contributed by atoms with Crippen molar-refractivity contribution in [2.75, 3.05) is 7.11 Å². The third-order valence-electron chi connectivity index (χ3n) is 3.84. The van der Waals surface area contributed by atoms with E-state index in [9.17, 15) is 0 Å². The maximum absolute atomic E-state index is 6.02. The molecule has 4 heteroatoms. The number of ether oxygens (including phenoxy) is 3. The minimum Gasteiger partial charge on any atom is -0.496 e. The van der Waals surface area contributed by atoms with E-state index in [1.807, 2.05) is 31.2 Å². The maximum Gasteiger partial charge on any atom is 0.167 e. The Labute approximate surface area is 149 Å². The first-order valence-electron chi connectivity index (χ1n) is 8.17. The molecule has 0 unspecified atom stereocenters. The number of rotatable bonds is 7. The van der Waals surface area contributed by atoms with E-state index >= 15 is 0 Å². The standard InChI is InChI=1S/C20H24O3S/c1-5-15-10-11-17(14(3)12-15)22-13-16-18(21-4)8-7-9-19(16)23-20(24)6-2/h7-12H,5-6,13H2,1-4H3. The van der Waals surface area contributed by atoms with E-state index in [1.54, 1.807) is 7.11 Å². The van der Waals surface area contributed by atoms with Gasteiger partial charge in [0.2, 0.25) is 0 Å². The zero-order chi connectivity index (χ0) is 17.5. The van der Waals surface area contributed by atoms with Crippen LogP contribution in [0.2, 0.25) is 0 Å². The predicted molar refractivity (Wildman–Crippen MR) is 101 cm³/mol. The summed E-state index contributed by atoms with van der Waals surface area (Å²) >= 11 is 5.20. The van der Waals surface area contributed by atoms with E-state index in [-0.39, 0.29) is 0 Å². The van der Waals surface area contributed by atoms with Crippen LogP contribution in [-0.2, 0) is 13.0 Å². The Morgan fingerprint density at radius 3 is 2.42 bits per heavy atom. The molecule has 0 amide bonds. The lowest BCUT2D eigenvalue weighted by molar-refractivity contribution is 0.290. The minimum atomic E-state index is 0.359. The molecule has 0 saturated carbocycles.